The lowest BCUT2D eigenvalue weighted by molar-refractivity contribution is -0.132. The number of benzene rings is 1. The third-order valence-electron chi connectivity index (χ3n) is 5.10. The molecule has 0 aliphatic carbocycles. The molecule has 1 amide bonds. The quantitative estimate of drug-likeness (QED) is 0.621. The number of nitrogens with zero attached hydrogens (tertiary/aromatic N) is 5. The molecule has 1 aliphatic rings. The molecule has 1 atom stereocenters. The Bertz CT molecular complexity index is 1050. The van der Waals surface area contributed by atoms with Crippen LogP contribution in [0.25, 0.3) is 0 Å². The summed E-state index contributed by atoms with van der Waals surface area (Å²) < 4.78 is 13.6. The van der Waals surface area contributed by atoms with Crippen LogP contribution in [0.15, 0.2) is 48.9 Å². The number of halogens is 1. The molecule has 160 valence electrons. The van der Waals surface area contributed by atoms with Crippen molar-refractivity contribution in [1.29, 1.82) is 0 Å². The molecule has 3 heterocycles. The molecule has 1 aliphatic heterocycles. The Morgan fingerprint density at radius 2 is 2.00 bits per heavy atom. The van der Waals surface area contributed by atoms with Crippen molar-refractivity contribution in [2.24, 2.45) is 0 Å². The number of anilines is 4. The Morgan fingerprint density at radius 3 is 2.74 bits per heavy atom. The predicted octanol–water partition coefficient (Wildman–Crippen LogP) is 4.01. The third kappa shape index (κ3) is 5.30. The standard InChI is InChI=1S/C22H24FN7O/c1-2-21(31)30-10-4-5-15(14-30)22-28-18(26-17-7-3-6-16(23)11-17)12-19(29-22)27-20-13-24-8-9-25-20/h3,6-9,11-13,15H,2,4-5,10,14H2,1H3,(H2,25,26,27,28,29). The van der Waals surface area contributed by atoms with Crippen LogP contribution in [-0.4, -0.2) is 43.8 Å². The molecule has 2 aromatic heterocycles. The van der Waals surface area contributed by atoms with E-state index in [2.05, 4.69) is 30.6 Å². The molecule has 1 unspecified atom stereocenters. The van der Waals surface area contributed by atoms with Crippen LogP contribution in [0.2, 0.25) is 0 Å². The molecule has 9 heteroatoms. The zero-order chi connectivity index (χ0) is 21.6. The maximum Gasteiger partial charge on any atom is 0.222 e. The summed E-state index contributed by atoms with van der Waals surface area (Å²) >= 11 is 0. The van der Waals surface area contributed by atoms with E-state index >= 15 is 0 Å². The second-order valence-electron chi connectivity index (χ2n) is 7.38. The van der Waals surface area contributed by atoms with Crippen LogP contribution < -0.4 is 10.6 Å². The number of amides is 1. The summed E-state index contributed by atoms with van der Waals surface area (Å²) in [4.78, 5) is 31.7. The first-order valence-electron chi connectivity index (χ1n) is 10.3. The maximum atomic E-state index is 13.6. The number of hydrogen-bond donors (Lipinski definition) is 2. The van der Waals surface area contributed by atoms with Gasteiger partial charge in [-0.1, -0.05) is 13.0 Å². The lowest BCUT2D eigenvalue weighted by Gasteiger charge is -2.32. The van der Waals surface area contributed by atoms with Crippen LogP contribution in [0.3, 0.4) is 0 Å². The van der Waals surface area contributed by atoms with E-state index in [0.29, 0.717) is 41.9 Å². The van der Waals surface area contributed by atoms with Gasteiger partial charge in [-0.3, -0.25) is 9.78 Å². The molecule has 31 heavy (non-hydrogen) atoms. The van der Waals surface area contributed by atoms with Gasteiger partial charge >= 0.3 is 0 Å². The Labute approximate surface area is 180 Å². The Hall–Kier alpha value is -3.62. The minimum Gasteiger partial charge on any atom is -0.342 e. The fraction of sp³-hybridized carbons (Fsp3) is 0.318. The maximum absolute atomic E-state index is 13.6. The number of piperidine rings is 1. The largest absolute Gasteiger partial charge is 0.342 e. The molecule has 0 saturated carbocycles. The highest BCUT2D eigenvalue weighted by atomic mass is 19.1. The van der Waals surface area contributed by atoms with Gasteiger partial charge in [0.25, 0.3) is 0 Å². The molecular weight excluding hydrogens is 397 g/mol. The van der Waals surface area contributed by atoms with Crippen LogP contribution in [-0.2, 0) is 4.79 Å². The number of aromatic nitrogens is 4. The van der Waals surface area contributed by atoms with Crippen LogP contribution in [0.5, 0.6) is 0 Å². The van der Waals surface area contributed by atoms with Crippen LogP contribution in [0.4, 0.5) is 27.5 Å². The molecule has 1 aromatic carbocycles. The smallest absolute Gasteiger partial charge is 0.222 e. The molecule has 1 fully saturated rings. The summed E-state index contributed by atoms with van der Waals surface area (Å²) in [5.41, 5.74) is 0.585. The first-order valence-corrected chi connectivity index (χ1v) is 10.3. The van der Waals surface area contributed by atoms with Gasteiger partial charge in [-0.25, -0.2) is 19.3 Å². The SMILES string of the molecule is CCC(=O)N1CCCC(c2nc(Nc3cccc(F)c3)cc(Nc3cnccn3)n2)C1. The van der Waals surface area contributed by atoms with E-state index in [1.165, 1.54) is 12.1 Å². The number of nitrogens with one attached hydrogen (secondary N) is 2. The van der Waals surface area contributed by atoms with Crippen LogP contribution >= 0.6 is 0 Å². The van der Waals surface area contributed by atoms with Gasteiger partial charge in [-0.2, -0.15) is 0 Å². The summed E-state index contributed by atoms with van der Waals surface area (Å²) in [7, 11) is 0. The molecule has 4 rings (SSSR count). The van der Waals surface area contributed by atoms with Crippen molar-refractivity contribution >= 4 is 29.0 Å². The van der Waals surface area contributed by atoms with Gasteiger partial charge < -0.3 is 15.5 Å². The molecular formula is C22H24FN7O. The van der Waals surface area contributed by atoms with Gasteiger partial charge in [0, 0.05) is 49.6 Å². The number of rotatable bonds is 6. The van der Waals surface area contributed by atoms with Gasteiger partial charge in [0.1, 0.15) is 29.1 Å². The number of likely N-dealkylation sites (tertiary alicyclic amines) is 1. The molecule has 3 aromatic rings. The van der Waals surface area contributed by atoms with E-state index in [1.807, 2.05) is 11.8 Å². The van der Waals surface area contributed by atoms with E-state index in [4.69, 9.17) is 0 Å². The zero-order valence-corrected chi connectivity index (χ0v) is 17.3. The van der Waals surface area contributed by atoms with Crippen molar-refractivity contribution in [3.05, 3.63) is 60.6 Å². The normalized spacial score (nSPS) is 16.1. The molecule has 1 saturated heterocycles. The fourth-order valence-electron chi connectivity index (χ4n) is 3.62. The van der Waals surface area contributed by atoms with E-state index < -0.39 is 0 Å². The van der Waals surface area contributed by atoms with E-state index in [0.717, 1.165) is 19.4 Å². The van der Waals surface area contributed by atoms with E-state index in [1.54, 1.807) is 36.8 Å². The first-order chi connectivity index (χ1) is 15.1. The fourth-order valence-corrected chi connectivity index (χ4v) is 3.62. The van der Waals surface area contributed by atoms with E-state index in [-0.39, 0.29) is 17.6 Å². The van der Waals surface area contributed by atoms with Crippen molar-refractivity contribution < 1.29 is 9.18 Å². The highest BCUT2D eigenvalue weighted by molar-refractivity contribution is 5.76. The highest BCUT2D eigenvalue weighted by Gasteiger charge is 2.26. The first kappa shape index (κ1) is 20.6. The highest BCUT2D eigenvalue weighted by Crippen LogP contribution is 2.28. The molecule has 0 radical (unpaired) electrons. The zero-order valence-electron chi connectivity index (χ0n) is 17.3. The monoisotopic (exact) mass is 421 g/mol. The van der Waals surface area contributed by atoms with Crippen molar-refractivity contribution in [1.82, 2.24) is 24.8 Å². The lowest BCUT2D eigenvalue weighted by Crippen LogP contribution is -2.39. The van der Waals surface area contributed by atoms with Gasteiger partial charge in [-0.15, -0.1) is 0 Å². The van der Waals surface area contributed by atoms with Crippen molar-refractivity contribution in [3.8, 4) is 0 Å². The Balaban J connectivity index is 1.64. The molecule has 0 spiro atoms. The van der Waals surface area contributed by atoms with Crippen molar-refractivity contribution in [2.45, 2.75) is 32.1 Å². The van der Waals surface area contributed by atoms with Gasteiger partial charge in [0.2, 0.25) is 5.91 Å². The molecule has 8 nitrogen and oxygen atoms in total. The van der Waals surface area contributed by atoms with Gasteiger partial charge in [0.15, 0.2) is 0 Å². The second-order valence-corrected chi connectivity index (χ2v) is 7.38. The third-order valence-corrected chi connectivity index (χ3v) is 5.10. The summed E-state index contributed by atoms with van der Waals surface area (Å²) in [6.45, 7) is 3.21. The van der Waals surface area contributed by atoms with Crippen LogP contribution in [0, 0.1) is 5.82 Å². The van der Waals surface area contributed by atoms with Gasteiger partial charge in [-0.05, 0) is 31.0 Å². The lowest BCUT2D eigenvalue weighted by atomic mass is 9.97. The summed E-state index contributed by atoms with van der Waals surface area (Å²) in [5, 5.41) is 6.29. The number of carbonyl (C=O) groups excluding carboxylic acids is 1. The summed E-state index contributed by atoms with van der Waals surface area (Å²) in [6.07, 6.45) is 7.05. The topological polar surface area (TPSA) is 95.9 Å². The van der Waals surface area contributed by atoms with Gasteiger partial charge in [0.05, 0.1) is 6.20 Å². The minimum atomic E-state index is -0.335. The van der Waals surface area contributed by atoms with Crippen molar-refractivity contribution in [3.63, 3.8) is 0 Å². The Kier molecular flexibility index (Phi) is 6.30. The summed E-state index contributed by atoms with van der Waals surface area (Å²) in [6, 6.07) is 7.93. The average Bonchev–Trinajstić information content (AvgIpc) is 2.79. The van der Waals surface area contributed by atoms with Crippen molar-refractivity contribution in [2.75, 3.05) is 23.7 Å². The Morgan fingerprint density at radius 1 is 1.16 bits per heavy atom. The number of hydrogen-bond acceptors (Lipinski definition) is 7. The average molecular weight is 421 g/mol. The van der Waals surface area contributed by atoms with Crippen LogP contribution in [0.1, 0.15) is 37.9 Å². The predicted molar refractivity (Wildman–Crippen MR) is 116 cm³/mol. The summed E-state index contributed by atoms with van der Waals surface area (Å²) in [5.74, 6) is 2.07. The second kappa shape index (κ2) is 9.46. The molecule has 2 N–H and O–H groups in total. The van der Waals surface area contributed by atoms with E-state index in [9.17, 15) is 9.18 Å². The number of carbonyl (C=O) groups is 1. The minimum absolute atomic E-state index is 0.0147. The molecule has 0 bridgehead atoms.